The van der Waals surface area contributed by atoms with E-state index in [1.807, 2.05) is 12.3 Å². The molecule has 128 valence electrons. The summed E-state index contributed by atoms with van der Waals surface area (Å²) in [6, 6.07) is 2.05. The van der Waals surface area contributed by atoms with Gasteiger partial charge in [-0.25, -0.2) is 9.97 Å². The molecule has 1 unspecified atom stereocenters. The zero-order chi connectivity index (χ0) is 16.7. The van der Waals surface area contributed by atoms with Crippen molar-refractivity contribution in [1.82, 2.24) is 24.8 Å². The van der Waals surface area contributed by atoms with Gasteiger partial charge in [0.25, 0.3) is 0 Å². The molecule has 24 heavy (non-hydrogen) atoms. The number of aromatic amines is 1. The average Bonchev–Trinajstić information content (AvgIpc) is 3.16. The maximum atomic E-state index is 11.1. The Morgan fingerprint density at radius 1 is 1.38 bits per heavy atom. The number of piperazine rings is 1. The average molecular weight is 328 g/mol. The van der Waals surface area contributed by atoms with Gasteiger partial charge in [-0.15, -0.1) is 0 Å². The van der Waals surface area contributed by atoms with Crippen LogP contribution in [0.25, 0.3) is 11.0 Å². The van der Waals surface area contributed by atoms with Crippen LogP contribution in [0.3, 0.4) is 0 Å². The number of nitrogens with one attached hydrogen (secondary N) is 1. The number of carbonyl (C=O) groups excluding carboxylic acids is 1. The van der Waals surface area contributed by atoms with Gasteiger partial charge in [0.15, 0.2) is 0 Å². The Labute approximate surface area is 141 Å². The number of anilines is 1. The van der Waals surface area contributed by atoms with Gasteiger partial charge in [0.1, 0.15) is 24.1 Å². The van der Waals surface area contributed by atoms with Crippen molar-refractivity contribution < 1.29 is 4.79 Å². The third-order valence-electron chi connectivity index (χ3n) is 5.43. The van der Waals surface area contributed by atoms with Gasteiger partial charge in [-0.2, -0.15) is 0 Å². The van der Waals surface area contributed by atoms with E-state index in [-0.39, 0.29) is 11.7 Å². The third-order valence-corrected chi connectivity index (χ3v) is 5.43. The number of aldehydes is 1. The van der Waals surface area contributed by atoms with Gasteiger partial charge in [0.05, 0.1) is 11.6 Å². The first-order chi connectivity index (χ1) is 11.6. The summed E-state index contributed by atoms with van der Waals surface area (Å²) in [5, 5.41) is 1.08. The summed E-state index contributed by atoms with van der Waals surface area (Å²) in [4.78, 5) is 30.2. The topological polar surface area (TPSA) is 68.4 Å². The molecule has 0 radical (unpaired) electrons. The van der Waals surface area contributed by atoms with Gasteiger partial charge >= 0.3 is 0 Å². The first kappa shape index (κ1) is 15.5. The Hall–Kier alpha value is -1.99. The summed E-state index contributed by atoms with van der Waals surface area (Å²) in [6.07, 6.45) is 7.71. The summed E-state index contributed by atoms with van der Waals surface area (Å²) >= 11 is 0. The minimum Gasteiger partial charge on any atom is -0.353 e. The van der Waals surface area contributed by atoms with Crippen molar-refractivity contribution in [1.29, 1.82) is 0 Å². The second kappa shape index (κ2) is 5.82. The summed E-state index contributed by atoms with van der Waals surface area (Å²) < 4.78 is 0. The number of fused-ring (bicyclic) bond motifs is 1. The van der Waals surface area contributed by atoms with Crippen LogP contribution >= 0.6 is 0 Å². The molecule has 1 aliphatic carbocycles. The van der Waals surface area contributed by atoms with Gasteiger partial charge in [-0.05, 0) is 33.0 Å². The van der Waals surface area contributed by atoms with Crippen molar-refractivity contribution in [2.45, 2.75) is 31.0 Å². The molecule has 0 bridgehead atoms. The molecule has 0 aromatic carbocycles. The van der Waals surface area contributed by atoms with E-state index in [0.717, 1.165) is 42.8 Å². The molecule has 4 rings (SSSR count). The number of carbonyl (C=O) groups is 1. The van der Waals surface area contributed by atoms with E-state index in [0.29, 0.717) is 6.42 Å². The predicted octanol–water partition coefficient (Wildman–Crippen LogP) is 1.09. The standard InChI is InChI=1S/C17H24N6O/c1-21(2)14(4-10-24)23-9-8-22(11-17(23)5-6-17)16-13-3-7-18-15(13)19-12-20-16/h3,7,10,12,14H,4-6,8-9,11H2,1-2H3,(H,18,19,20). The molecular formula is C17H24N6O. The van der Waals surface area contributed by atoms with E-state index >= 15 is 0 Å². The number of H-pyrrole nitrogens is 1. The Morgan fingerprint density at radius 2 is 2.21 bits per heavy atom. The van der Waals surface area contributed by atoms with Crippen LogP contribution in [0.5, 0.6) is 0 Å². The van der Waals surface area contributed by atoms with Crippen LogP contribution < -0.4 is 4.90 Å². The molecular weight excluding hydrogens is 304 g/mol. The Balaban J connectivity index is 1.60. The number of hydrogen-bond acceptors (Lipinski definition) is 6. The lowest BCUT2D eigenvalue weighted by molar-refractivity contribution is -0.111. The molecule has 1 spiro atoms. The van der Waals surface area contributed by atoms with Crippen LogP contribution in [-0.4, -0.2) is 76.5 Å². The van der Waals surface area contributed by atoms with E-state index in [4.69, 9.17) is 0 Å². The molecule has 2 aromatic heterocycles. The second-order valence-corrected chi connectivity index (χ2v) is 7.12. The van der Waals surface area contributed by atoms with Crippen LogP contribution in [0.1, 0.15) is 19.3 Å². The molecule has 2 aromatic rings. The second-order valence-electron chi connectivity index (χ2n) is 7.12. The maximum absolute atomic E-state index is 11.1. The van der Waals surface area contributed by atoms with E-state index in [2.05, 4.69) is 43.7 Å². The quantitative estimate of drug-likeness (QED) is 0.829. The van der Waals surface area contributed by atoms with Gasteiger partial charge in [0, 0.05) is 37.8 Å². The monoisotopic (exact) mass is 328 g/mol. The zero-order valence-electron chi connectivity index (χ0n) is 14.3. The summed E-state index contributed by atoms with van der Waals surface area (Å²) in [5.74, 6) is 1.02. The minimum absolute atomic E-state index is 0.184. The lowest BCUT2D eigenvalue weighted by Crippen LogP contribution is -2.61. The molecule has 0 amide bonds. The van der Waals surface area contributed by atoms with E-state index in [9.17, 15) is 4.79 Å². The largest absolute Gasteiger partial charge is 0.353 e. The zero-order valence-corrected chi connectivity index (χ0v) is 14.3. The van der Waals surface area contributed by atoms with Crippen LogP contribution in [0.2, 0.25) is 0 Å². The van der Waals surface area contributed by atoms with Crippen molar-refractivity contribution in [2.75, 3.05) is 38.6 Å². The fourth-order valence-electron chi connectivity index (χ4n) is 4.04. The number of rotatable bonds is 5. The smallest absolute Gasteiger partial charge is 0.142 e. The normalized spacial score (nSPS) is 21.5. The number of nitrogens with zero attached hydrogens (tertiary/aromatic N) is 5. The van der Waals surface area contributed by atoms with Crippen LogP contribution in [0.15, 0.2) is 18.6 Å². The fraction of sp³-hybridized carbons (Fsp3) is 0.588. The van der Waals surface area contributed by atoms with Crippen molar-refractivity contribution in [3.63, 3.8) is 0 Å². The van der Waals surface area contributed by atoms with Gasteiger partial charge in [0.2, 0.25) is 0 Å². The summed E-state index contributed by atoms with van der Waals surface area (Å²) in [7, 11) is 4.12. The third kappa shape index (κ3) is 2.48. The van der Waals surface area contributed by atoms with E-state index in [1.54, 1.807) is 6.33 Å². The molecule has 1 saturated carbocycles. The van der Waals surface area contributed by atoms with Crippen LogP contribution in [-0.2, 0) is 4.79 Å². The maximum Gasteiger partial charge on any atom is 0.142 e. The van der Waals surface area contributed by atoms with Crippen molar-refractivity contribution in [3.8, 4) is 0 Å². The minimum atomic E-state index is 0.184. The number of aromatic nitrogens is 3. The molecule has 2 fully saturated rings. The molecule has 1 atom stereocenters. The molecule has 7 nitrogen and oxygen atoms in total. The highest BCUT2D eigenvalue weighted by Crippen LogP contribution is 2.46. The first-order valence-corrected chi connectivity index (χ1v) is 8.54. The highest BCUT2D eigenvalue weighted by Gasteiger charge is 2.53. The Kier molecular flexibility index (Phi) is 3.77. The van der Waals surface area contributed by atoms with E-state index < -0.39 is 0 Å². The summed E-state index contributed by atoms with van der Waals surface area (Å²) in [6.45, 7) is 2.84. The van der Waals surface area contributed by atoms with E-state index in [1.165, 1.54) is 12.8 Å². The van der Waals surface area contributed by atoms with Crippen LogP contribution in [0, 0.1) is 0 Å². The highest BCUT2D eigenvalue weighted by atomic mass is 16.1. The van der Waals surface area contributed by atoms with Crippen molar-refractivity contribution in [2.24, 2.45) is 0 Å². The van der Waals surface area contributed by atoms with Crippen molar-refractivity contribution >= 4 is 23.1 Å². The highest BCUT2D eigenvalue weighted by molar-refractivity contribution is 5.87. The molecule has 7 heteroatoms. The van der Waals surface area contributed by atoms with Crippen LogP contribution in [0.4, 0.5) is 5.82 Å². The van der Waals surface area contributed by atoms with Gasteiger partial charge in [-0.3, -0.25) is 9.80 Å². The SMILES string of the molecule is CN(C)C(CC=O)N1CCN(c2ncnc3[nH]ccc23)CC12CC2. The fourth-order valence-corrected chi connectivity index (χ4v) is 4.04. The molecule has 1 saturated heterocycles. The Bertz CT molecular complexity index is 738. The first-order valence-electron chi connectivity index (χ1n) is 8.54. The van der Waals surface area contributed by atoms with Crippen molar-refractivity contribution in [3.05, 3.63) is 18.6 Å². The van der Waals surface area contributed by atoms with Gasteiger partial charge in [-0.1, -0.05) is 0 Å². The Morgan fingerprint density at radius 3 is 2.92 bits per heavy atom. The lowest BCUT2D eigenvalue weighted by Gasteiger charge is -2.47. The summed E-state index contributed by atoms with van der Waals surface area (Å²) in [5.41, 5.74) is 1.07. The number of hydrogen-bond donors (Lipinski definition) is 1. The molecule has 1 N–H and O–H groups in total. The van der Waals surface area contributed by atoms with Gasteiger partial charge < -0.3 is 14.7 Å². The predicted molar refractivity (Wildman–Crippen MR) is 92.9 cm³/mol. The lowest BCUT2D eigenvalue weighted by atomic mass is 10.1. The molecule has 2 aliphatic rings. The molecule has 1 aliphatic heterocycles. The molecule has 3 heterocycles.